The molecule has 0 aromatic rings. The first-order valence-corrected chi connectivity index (χ1v) is 18.8. The van der Waals surface area contributed by atoms with Crippen molar-refractivity contribution in [3.05, 3.63) is 11.6 Å². The fraction of sp³-hybridized carbons (Fsp3) is 0.919. The van der Waals surface area contributed by atoms with E-state index in [0.717, 1.165) is 77.0 Å². The molecule has 9 heteroatoms. The van der Waals surface area contributed by atoms with Crippen LogP contribution in [0.4, 0.5) is 0 Å². The molecule has 5 N–H and O–H groups in total. The van der Waals surface area contributed by atoms with Gasteiger partial charge in [-0.1, -0.05) is 84.0 Å². The highest BCUT2D eigenvalue weighted by Crippen LogP contribution is 2.31. The quantitative estimate of drug-likeness (QED) is 0.0609. The van der Waals surface area contributed by atoms with E-state index in [0.29, 0.717) is 24.8 Å². The topological polar surface area (TPSA) is 146 Å². The van der Waals surface area contributed by atoms with Gasteiger partial charge in [-0.2, -0.15) is 0 Å². The third kappa shape index (κ3) is 14.2. The summed E-state index contributed by atoms with van der Waals surface area (Å²) in [5, 5.41) is 52.7. The summed E-state index contributed by atoms with van der Waals surface area (Å²) >= 11 is 0. The van der Waals surface area contributed by atoms with Crippen LogP contribution in [0.3, 0.4) is 0 Å². The van der Waals surface area contributed by atoms with E-state index in [-0.39, 0.29) is 36.9 Å². The molecule has 2 fully saturated rings. The Kier molecular flexibility index (Phi) is 18.7. The normalized spacial score (nSPS) is 28.2. The number of hydrogen-bond acceptors (Lipinski definition) is 9. The fourth-order valence-electron chi connectivity index (χ4n) is 7.28. The Bertz CT molecular complexity index is 866. The van der Waals surface area contributed by atoms with Crippen molar-refractivity contribution in [3.63, 3.8) is 0 Å². The summed E-state index contributed by atoms with van der Waals surface area (Å²) in [5.41, 5.74) is 0.437. The number of rotatable bonds is 25. The van der Waals surface area contributed by atoms with Crippen LogP contribution in [0.5, 0.6) is 0 Å². The number of aliphatic hydroxyl groups excluding tert-OH is 5. The number of carbonyl (C=O) groups excluding carboxylic acids is 1. The molecule has 0 aromatic carbocycles. The van der Waals surface area contributed by atoms with Crippen LogP contribution < -0.4 is 0 Å². The molecular weight excluding hydrogens is 588 g/mol. The lowest BCUT2D eigenvalue weighted by molar-refractivity contribution is -0.139. The van der Waals surface area contributed by atoms with Gasteiger partial charge < -0.3 is 39.7 Å². The molecule has 3 aliphatic rings. The van der Waals surface area contributed by atoms with E-state index in [1.165, 1.54) is 38.5 Å². The average molecular weight is 655 g/mol. The van der Waals surface area contributed by atoms with Gasteiger partial charge in [-0.05, 0) is 70.8 Å². The summed E-state index contributed by atoms with van der Waals surface area (Å²) in [7, 11) is 0. The van der Waals surface area contributed by atoms with Crippen molar-refractivity contribution in [3.8, 4) is 0 Å². The SMILES string of the molecule is CCCCCCCCCCC(O)C1CCC(C(O)CCC(O)C2CCC(CCCCCCC(O)C(O)CC3=CC(C)OC3=O)O2)O1. The van der Waals surface area contributed by atoms with Crippen molar-refractivity contribution < 1.29 is 44.5 Å². The first kappa shape index (κ1) is 39.4. The van der Waals surface area contributed by atoms with Crippen molar-refractivity contribution in [2.75, 3.05) is 0 Å². The standard InChI is InChI=1S/C37H66O9/c1-3-4-5-6-7-8-9-14-17-30(39)35-22-23-36(46-35)32(41)20-19-31(40)34-21-18-28(45-34)15-12-10-11-13-16-29(38)33(42)25-27-24-26(2)44-37(27)43/h24,26,28-36,38-42H,3-23,25H2,1-2H3. The number of aliphatic hydroxyl groups is 5. The van der Waals surface area contributed by atoms with Crippen molar-refractivity contribution in [1.29, 1.82) is 0 Å². The Morgan fingerprint density at radius 2 is 1.17 bits per heavy atom. The maximum Gasteiger partial charge on any atom is 0.334 e. The van der Waals surface area contributed by atoms with Gasteiger partial charge in [0.25, 0.3) is 0 Å². The molecule has 0 aromatic heterocycles. The van der Waals surface area contributed by atoms with Crippen molar-refractivity contribution in [1.82, 2.24) is 0 Å². The van der Waals surface area contributed by atoms with Crippen LogP contribution in [0, 0.1) is 0 Å². The van der Waals surface area contributed by atoms with Crippen molar-refractivity contribution in [2.24, 2.45) is 0 Å². The molecule has 0 aliphatic carbocycles. The summed E-state index contributed by atoms with van der Waals surface area (Å²) in [5.74, 6) is -0.409. The Morgan fingerprint density at radius 3 is 1.78 bits per heavy atom. The van der Waals surface area contributed by atoms with Crippen LogP contribution in [-0.2, 0) is 19.0 Å². The van der Waals surface area contributed by atoms with Gasteiger partial charge in [0, 0.05) is 12.0 Å². The summed E-state index contributed by atoms with van der Waals surface area (Å²) < 4.78 is 17.3. The molecule has 0 amide bonds. The Labute approximate surface area is 278 Å². The third-order valence-corrected chi connectivity index (χ3v) is 10.3. The van der Waals surface area contributed by atoms with Gasteiger partial charge in [0.2, 0.25) is 0 Å². The molecule has 10 unspecified atom stereocenters. The molecule has 268 valence electrons. The number of unbranched alkanes of at least 4 members (excludes halogenated alkanes) is 10. The van der Waals surface area contributed by atoms with Gasteiger partial charge in [0.1, 0.15) is 6.10 Å². The first-order valence-electron chi connectivity index (χ1n) is 18.8. The molecule has 0 bridgehead atoms. The number of hydrogen-bond donors (Lipinski definition) is 5. The highest BCUT2D eigenvalue weighted by Gasteiger charge is 2.36. The number of cyclic esters (lactones) is 1. The van der Waals surface area contributed by atoms with Gasteiger partial charge in [0.05, 0.1) is 54.9 Å². The van der Waals surface area contributed by atoms with E-state index < -0.39 is 36.5 Å². The molecule has 46 heavy (non-hydrogen) atoms. The van der Waals surface area contributed by atoms with Crippen LogP contribution in [0.25, 0.3) is 0 Å². The molecule has 3 aliphatic heterocycles. The van der Waals surface area contributed by atoms with Crippen LogP contribution in [0.15, 0.2) is 11.6 Å². The molecule has 3 heterocycles. The lowest BCUT2D eigenvalue weighted by Gasteiger charge is -2.24. The van der Waals surface area contributed by atoms with E-state index in [1.807, 2.05) is 0 Å². The van der Waals surface area contributed by atoms with E-state index in [4.69, 9.17) is 14.2 Å². The minimum absolute atomic E-state index is 0.119. The summed E-state index contributed by atoms with van der Waals surface area (Å²) in [4.78, 5) is 11.7. The minimum atomic E-state index is -0.967. The number of carbonyl (C=O) groups is 1. The van der Waals surface area contributed by atoms with Gasteiger partial charge in [-0.15, -0.1) is 0 Å². The second-order valence-electron chi connectivity index (χ2n) is 14.3. The van der Waals surface area contributed by atoms with Crippen LogP contribution in [0.1, 0.15) is 155 Å². The smallest absolute Gasteiger partial charge is 0.334 e. The van der Waals surface area contributed by atoms with E-state index in [2.05, 4.69) is 6.92 Å². The van der Waals surface area contributed by atoms with E-state index >= 15 is 0 Å². The molecular formula is C37H66O9. The summed E-state index contributed by atoms with van der Waals surface area (Å²) in [6.45, 7) is 4.00. The minimum Gasteiger partial charge on any atom is -0.455 e. The van der Waals surface area contributed by atoms with Gasteiger partial charge in [-0.25, -0.2) is 4.79 Å². The molecule has 10 atom stereocenters. The molecule has 3 rings (SSSR count). The Morgan fingerprint density at radius 1 is 0.652 bits per heavy atom. The van der Waals surface area contributed by atoms with E-state index in [9.17, 15) is 30.3 Å². The molecule has 0 saturated carbocycles. The predicted molar refractivity (Wildman–Crippen MR) is 178 cm³/mol. The average Bonchev–Trinajstić information content (AvgIpc) is 3.79. The lowest BCUT2D eigenvalue weighted by Crippen LogP contribution is -2.33. The van der Waals surface area contributed by atoms with Gasteiger partial charge in [-0.3, -0.25) is 0 Å². The largest absolute Gasteiger partial charge is 0.455 e. The monoisotopic (exact) mass is 654 g/mol. The van der Waals surface area contributed by atoms with Crippen LogP contribution >= 0.6 is 0 Å². The van der Waals surface area contributed by atoms with Gasteiger partial charge in [0.15, 0.2) is 0 Å². The lowest BCUT2D eigenvalue weighted by atomic mass is 9.98. The third-order valence-electron chi connectivity index (χ3n) is 10.3. The highest BCUT2D eigenvalue weighted by atomic mass is 16.5. The van der Waals surface area contributed by atoms with Crippen LogP contribution in [-0.4, -0.2) is 92.5 Å². The molecule has 0 spiro atoms. The zero-order valence-electron chi connectivity index (χ0n) is 28.8. The fourth-order valence-corrected chi connectivity index (χ4v) is 7.28. The maximum atomic E-state index is 11.7. The Balaban J connectivity index is 1.18. The maximum absolute atomic E-state index is 11.7. The molecule has 2 saturated heterocycles. The Hall–Kier alpha value is -1.07. The highest BCUT2D eigenvalue weighted by molar-refractivity contribution is 5.90. The molecule has 9 nitrogen and oxygen atoms in total. The number of esters is 1. The zero-order valence-corrected chi connectivity index (χ0v) is 28.8. The predicted octanol–water partition coefficient (Wildman–Crippen LogP) is 5.80. The van der Waals surface area contributed by atoms with E-state index in [1.54, 1.807) is 13.0 Å². The van der Waals surface area contributed by atoms with Crippen molar-refractivity contribution >= 4 is 5.97 Å². The first-order chi connectivity index (χ1) is 22.2. The zero-order chi connectivity index (χ0) is 33.3. The van der Waals surface area contributed by atoms with Gasteiger partial charge >= 0.3 is 5.97 Å². The second-order valence-corrected chi connectivity index (χ2v) is 14.3. The molecule has 0 radical (unpaired) electrons. The summed E-state index contributed by atoms with van der Waals surface area (Å²) in [6, 6.07) is 0. The van der Waals surface area contributed by atoms with Crippen LogP contribution in [0.2, 0.25) is 0 Å². The summed E-state index contributed by atoms with van der Waals surface area (Å²) in [6.07, 6.45) is 17.5. The van der Waals surface area contributed by atoms with Crippen molar-refractivity contribution in [2.45, 2.75) is 216 Å². The number of ether oxygens (including phenoxy) is 3. The second kappa shape index (κ2) is 21.8.